The van der Waals surface area contributed by atoms with Crippen LogP contribution in [0.25, 0.3) is 0 Å². The molecule has 0 aliphatic heterocycles. The Labute approximate surface area is 255 Å². The van der Waals surface area contributed by atoms with Crippen LogP contribution in [0.2, 0.25) is 0 Å². The SMILES string of the molecule is C/C=C\C(=C/CC)COc1ccc(CCCN(CCCc2ccc(OCc3ccccc3)cc2)CCCC(C)N)cc1. The molecule has 1 atom stereocenters. The fourth-order valence-electron chi connectivity index (χ4n) is 5.05. The van der Waals surface area contributed by atoms with E-state index in [0.717, 1.165) is 76.1 Å². The molecule has 0 amide bonds. The molecule has 2 N–H and O–H groups in total. The van der Waals surface area contributed by atoms with E-state index in [1.807, 2.05) is 25.1 Å². The molecule has 4 nitrogen and oxygen atoms in total. The van der Waals surface area contributed by atoms with Gasteiger partial charge in [-0.2, -0.15) is 0 Å². The highest BCUT2D eigenvalue weighted by Gasteiger charge is 2.07. The highest BCUT2D eigenvalue weighted by molar-refractivity contribution is 5.29. The number of aryl methyl sites for hydroxylation is 2. The molecule has 0 radical (unpaired) electrons. The van der Waals surface area contributed by atoms with Crippen molar-refractivity contribution in [1.82, 2.24) is 4.90 Å². The van der Waals surface area contributed by atoms with E-state index in [1.165, 1.54) is 22.3 Å². The van der Waals surface area contributed by atoms with Gasteiger partial charge in [0.05, 0.1) is 0 Å². The third kappa shape index (κ3) is 13.5. The molecule has 0 spiro atoms. The number of hydrogen-bond donors (Lipinski definition) is 1. The average Bonchev–Trinajstić information content (AvgIpc) is 3.00. The fraction of sp³-hybridized carbons (Fsp3) is 0.421. The predicted octanol–water partition coefficient (Wildman–Crippen LogP) is 8.55. The zero-order chi connectivity index (χ0) is 29.8. The predicted molar refractivity (Wildman–Crippen MR) is 178 cm³/mol. The van der Waals surface area contributed by atoms with Gasteiger partial charge in [0.1, 0.15) is 24.7 Å². The van der Waals surface area contributed by atoms with Crippen LogP contribution >= 0.6 is 0 Å². The first kappa shape index (κ1) is 33.2. The second kappa shape index (κ2) is 19.7. The monoisotopic (exact) mass is 568 g/mol. The van der Waals surface area contributed by atoms with E-state index in [1.54, 1.807) is 0 Å². The van der Waals surface area contributed by atoms with Gasteiger partial charge in [-0.15, -0.1) is 0 Å². The van der Waals surface area contributed by atoms with E-state index < -0.39 is 0 Å². The van der Waals surface area contributed by atoms with Crippen LogP contribution in [0, 0.1) is 0 Å². The Kier molecular flexibility index (Phi) is 15.6. The Morgan fingerprint density at radius 3 is 1.88 bits per heavy atom. The summed E-state index contributed by atoms with van der Waals surface area (Å²) in [5, 5.41) is 0. The largest absolute Gasteiger partial charge is 0.489 e. The normalized spacial score (nSPS) is 12.6. The first-order valence-electron chi connectivity index (χ1n) is 15.8. The summed E-state index contributed by atoms with van der Waals surface area (Å²) in [5.41, 5.74) is 11.2. The minimum atomic E-state index is 0.266. The molecule has 3 aromatic carbocycles. The van der Waals surface area contributed by atoms with Crippen molar-refractivity contribution in [1.29, 1.82) is 0 Å². The summed E-state index contributed by atoms with van der Waals surface area (Å²) in [6.07, 6.45) is 14.1. The molecule has 0 heterocycles. The molecule has 0 aliphatic rings. The van der Waals surface area contributed by atoms with Gasteiger partial charge in [0.25, 0.3) is 0 Å². The van der Waals surface area contributed by atoms with Gasteiger partial charge in [0.2, 0.25) is 0 Å². The van der Waals surface area contributed by atoms with Gasteiger partial charge >= 0.3 is 0 Å². The van der Waals surface area contributed by atoms with Gasteiger partial charge in [0.15, 0.2) is 0 Å². The molecular weight excluding hydrogens is 516 g/mol. The number of nitrogens with two attached hydrogens (primary N) is 1. The van der Waals surface area contributed by atoms with Crippen LogP contribution in [0.4, 0.5) is 0 Å². The second-order valence-electron chi connectivity index (χ2n) is 11.2. The van der Waals surface area contributed by atoms with E-state index >= 15 is 0 Å². The Hall–Kier alpha value is -3.34. The van der Waals surface area contributed by atoms with Gasteiger partial charge in [0, 0.05) is 6.04 Å². The van der Waals surface area contributed by atoms with Gasteiger partial charge < -0.3 is 20.1 Å². The van der Waals surface area contributed by atoms with Crippen molar-refractivity contribution in [3.05, 3.63) is 119 Å². The first-order chi connectivity index (χ1) is 20.6. The second-order valence-corrected chi connectivity index (χ2v) is 11.2. The van der Waals surface area contributed by atoms with Crippen molar-refractivity contribution < 1.29 is 9.47 Å². The number of allylic oxidation sites excluding steroid dienone is 2. The third-order valence-electron chi connectivity index (χ3n) is 7.36. The average molecular weight is 569 g/mol. The Morgan fingerprint density at radius 2 is 1.33 bits per heavy atom. The van der Waals surface area contributed by atoms with Crippen molar-refractivity contribution in [3.63, 3.8) is 0 Å². The standard InChI is InChI=1S/C38H52N2O2/c1-4-12-35(13-5-2)30-41-37-23-19-33(20-24-37)17-10-28-40(27-9-14-32(3)39)29-11-18-34-21-25-38(26-22-34)42-31-36-15-7-6-8-16-36/h4,6-8,12-13,15-16,19-26,32H,5,9-11,14,17-18,27-31,39H2,1-3H3/b12-4-,35-13+. The molecule has 226 valence electrons. The topological polar surface area (TPSA) is 47.7 Å². The number of rotatable bonds is 20. The highest BCUT2D eigenvalue weighted by Crippen LogP contribution is 2.17. The smallest absolute Gasteiger partial charge is 0.119 e. The number of benzene rings is 3. The number of nitrogens with zero attached hydrogens (tertiary/aromatic N) is 1. The van der Waals surface area contributed by atoms with Gasteiger partial charge in [-0.25, -0.2) is 0 Å². The van der Waals surface area contributed by atoms with E-state index in [9.17, 15) is 0 Å². The van der Waals surface area contributed by atoms with Crippen LogP contribution in [-0.4, -0.2) is 37.2 Å². The first-order valence-corrected chi connectivity index (χ1v) is 15.8. The van der Waals surface area contributed by atoms with E-state index in [4.69, 9.17) is 15.2 Å². The minimum Gasteiger partial charge on any atom is -0.489 e. The lowest BCUT2D eigenvalue weighted by Gasteiger charge is -2.23. The van der Waals surface area contributed by atoms with Gasteiger partial charge in [-0.05, 0) is 125 Å². The van der Waals surface area contributed by atoms with Crippen LogP contribution in [0.15, 0.2) is 103 Å². The lowest BCUT2D eigenvalue weighted by Crippen LogP contribution is -2.29. The molecule has 0 aliphatic carbocycles. The van der Waals surface area contributed by atoms with Crippen LogP contribution < -0.4 is 15.2 Å². The maximum atomic E-state index is 6.03. The summed E-state index contributed by atoms with van der Waals surface area (Å²) >= 11 is 0. The van der Waals surface area contributed by atoms with Crippen molar-refractivity contribution in [2.75, 3.05) is 26.2 Å². The molecular formula is C38H52N2O2. The quantitative estimate of drug-likeness (QED) is 0.139. The van der Waals surface area contributed by atoms with E-state index in [-0.39, 0.29) is 6.04 Å². The Bertz CT molecular complexity index is 1170. The molecule has 4 heteroatoms. The summed E-state index contributed by atoms with van der Waals surface area (Å²) in [6, 6.07) is 27.8. The van der Waals surface area contributed by atoms with Crippen LogP contribution in [0.5, 0.6) is 11.5 Å². The Balaban J connectivity index is 1.41. The molecule has 1 unspecified atom stereocenters. The van der Waals surface area contributed by atoms with E-state index in [2.05, 4.69) is 97.6 Å². The molecule has 3 rings (SSSR count). The highest BCUT2D eigenvalue weighted by atomic mass is 16.5. The summed E-state index contributed by atoms with van der Waals surface area (Å²) in [6.45, 7) is 10.8. The van der Waals surface area contributed by atoms with Crippen molar-refractivity contribution in [2.45, 2.75) is 78.4 Å². The number of ether oxygens (including phenoxy) is 2. The maximum absolute atomic E-state index is 6.03. The van der Waals surface area contributed by atoms with E-state index in [0.29, 0.717) is 13.2 Å². The zero-order valence-electron chi connectivity index (χ0n) is 26.1. The Morgan fingerprint density at radius 1 is 0.762 bits per heavy atom. The maximum Gasteiger partial charge on any atom is 0.119 e. The molecule has 3 aromatic rings. The zero-order valence-corrected chi connectivity index (χ0v) is 26.1. The van der Waals surface area contributed by atoms with Crippen LogP contribution in [0.1, 0.15) is 69.6 Å². The van der Waals surface area contributed by atoms with Crippen molar-refractivity contribution in [2.24, 2.45) is 5.73 Å². The van der Waals surface area contributed by atoms with Crippen molar-refractivity contribution >= 4 is 0 Å². The summed E-state index contributed by atoms with van der Waals surface area (Å²) < 4.78 is 12.0. The molecule has 0 aromatic heterocycles. The van der Waals surface area contributed by atoms with Gasteiger partial charge in [-0.3, -0.25) is 0 Å². The fourth-order valence-corrected chi connectivity index (χ4v) is 5.05. The van der Waals surface area contributed by atoms with Crippen molar-refractivity contribution in [3.8, 4) is 11.5 Å². The summed E-state index contributed by atoms with van der Waals surface area (Å²) in [7, 11) is 0. The van der Waals surface area contributed by atoms with Gasteiger partial charge in [-0.1, -0.05) is 79.7 Å². The summed E-state index contributed by atoms with van der Waals surface area (Å²) in [5.74, 6) is 1.85. The van der Waals surface area contributed by atoms with Crippen LogP contribution in [-0.2, 0) is 19.4 Å². The molecule has 0 bridgehead atoms. The number of hydrogen-bond acceptors (Lipinski definition) is 4. The third-order valence-corrected chi connectivity index (χ3v) is 7.36. The molecule has 42 heavy (non-hydrogen) atoms. The minimum absolute atomic E-state index is 0.266. The molecule has 0 saturated carbocycles. The summed E-state index contributed by atoms with van der Waals surface area (Å²) in [4.78, 5) is 2.63. The lowest BCUT2D eigenvalue weighted by atomic mass is 10.1. The molecule has 0 fully saturated rings. The molecule has 0 saturated heterocycles. The van der Waals surface area contributed by atoms with Crippen LogP contribution in [0.3, 0.4) is 0 Å². The lowest BCUT2D eigenvalue weighted by molar-refractivity contribution is 0.259.